The topological polar surface area (TPSA) is 42.0 Å². The largest absolute Gasteiger partial charge is 0.497 e. The Hall–Kier alpha value is -2.05. The highest BCUT2D eigenvalue weighted by Gasteiger charge is 2.21. The van der Waals surface area contributed by atoms with Crippen LogP contribution in [0.5, 0.6) is 11.5 Å². The third kappa shape index (κ3) is 5.22. The number of ether oxygens (including phenoxy) is 2. The van der Waals surface area contributed by atoms with Gasteiger partial charge in [0.15, 0.2) is 6.61 Å². The van der Waals surface area contributed by atoms with Crippen molar-refractivity contribution in [2.45, 2.75) is 6.54 Å². The first-order chi connectivity index (χ1) is 12.6. The maximum atomic E-state index is 12.4. The number of nitrogens with zero attached hydrogens (tertiary/aromatic N) is 2. The van der Waals surface area contributed by atoms with E-state index >= 15 is 0 Å². The Morgan fingerprint density at radius 1 is 1.04 bits per heavy atom. The fourth-order valence-electron chi connectivity index (χ4n) is 2.98. The van der Waals surface area contributed by atoms with Gasteiger partial charge >= 0.3 is 0 Å². The van der Waals surface area contributed by atoms with Crippen molar-refractivity contribution in [2.24, 2.45) is 0 Å². The van der Waals surface area contributed by atoms with Gasteiger partial charge in [0.1, 0.15) is 11.5 Å². The van der Waals surface area contributed by atoms with Crippen LogP contribution >= 0.6 is 15.9 Å². The van der Waals surface area contributed by atoms with Gasteiger partial charge in [-0.3, -0.25) is 9.69 Å². The van der Waals surface area contributed by atoms with Gasteiger partial charge in [0.05, 0.1) is 7.11 Å². The molecule has 1 aliphatic rings. The third-order valence-electron chi connectivity index (χ3n) is 4.42. The zero-order chi connectivity index (χ0) is 18.4. The van der Waals surface area contributed by atoms with Crippen molar-refractivity contribution in [2.75, 3.05) is 39.9 Å². The second-order valence-corrected chi connectivity index (χ2v) is 7.17. The van der Waals surface area contributed by atoms with E-state index in [0.29, 0.717) is 5.75 Å². The molecule has 3 rings (SSSR count). The maximum absolute atomic E-state index is 12.4. The fraction of sp³-hybridized carbons (Fsp3) is 0.350. The summed E-state index contributed by atoms with van der Waals surface area (Å²) in [7, 11) is 1.61. The Bertz CT molecular complexity index is 745. The molecule has 0 bridgehead atoms. The summed E-state index contributed by atoms with van der Waals surface area (Å²) in [6, 6.07) is 15.6. The summed E-state index contributed by atoms with van der Waals surface area (Å²) in [5, 5.41) is 0. The average Bonchev–Trinajstić information content (AvgIpc) is 2.67. The summed E-state index contributed by atoms with van der Waals surface area (Å²) in [4.78, 5) is 16.6. The van der Waals surface area contributed by atoms with E-state index in [1.54, 1.807) is 13.2 Å². The van der Waals surface area contributed by atoms with Gasteiger partial charge in [0.2, 0.25) is 0 Å². The molecule has 0 atom stereocenters. The van der Waals surface area contributed by atoms with Gasteiger partial charge in [-0.05, 0) is 29.8 Å². The number of halogens is 1. The monoisotopic (exact) mass is 418 g/mol. The molecule has 0 saturated carbocycles. The first kappa shape index (κ1) is 18.7. The summed E-state index contributed by atoms with van der Waals surface area (Å²) in [6.07, 6.45) is 0. The van der Waals surface area contributed by atoms with E-state index in [2.05, 4.69) is 39.0 Å². The third-order valence-corrected chi connectivity index (χ3v) is 4.92. The molecular weight excluding hydrogens is 396 g/mol. The van der Waals surface area contributed by atoms with Crippen LogP contribution in [0.3, 0.4) is 0 Å². The van der Waals surface area contributed by atoms with Crippen LogP contribution in [-0.4, -0.2) is 55.6 Å². The molecule has 0 aromatic heterocycles. The molecule has 2 aromatic carbocycles. The quantitative estimate of drug-likeness (QED) is 0.722. The van der Waals surface area contributed by atoms with Crippen LogP contribution in [0.1, 0.15) is 5.56 Å². The average molecular weight is 419 g/mol. The van der Waals surface area contributed by atoms with Crippen molar-refractivity contribution in [3.8, 4) is 11.5 Å². The zero-order valence-corrected chi connectivity index (χ0v) is 16.4. The Balaban J connectivity index is 1.44. The molecule has 0 aliphatic carbocycles. The number of piperazine rings is 1. The Morgan fingerprint density at radius 2 is 1.77 bits per heavy atom. The molecule has 1 amide bonds. The molecular formula is C20H23BrN2O3. The predicted molar refractivity (Wildman–Crippen MR) is 104 cm³/mol. The van der Waals surface area contributed by atoms with E-state index in [1.807, 2.05) is 29.2 Å². The van der Waals surface area contributed by atoms with Gasteiger partial charge in [-0.2, -0.15) is 0 Å². The standard InChI is InChI=1S/C20H23BrN2O3/c1-25-18-6-3-7-19(13-18)26-15-20(24)23-10-8-22(9-11-23)14-16-4-2-5-17(21)12-16/h2-7,12-13H,8-11,14-15H2,1H3. The van der Waals surface area contributed by atoms with Crippen molar-refractivity contribution in [1.29, 1.82) is 0 Å². The van der Waals surface area contributed by atoms with Crippen molar-refractivity contribution in [3.05, 3.63) is 58.6 Å². The lowest BCUT2D eigenvalue weighted by Crippen LogP contribution is -2.49. The van der Waals surface area contributed by atoms with Crippen LogP contribution in [-0.2, 0) is 11.3 Å². The van der Waals surface area contributed by atoms with Crippen LogP contribution in [0.2, 0.25) is 0 Å². The lowest BCUT2D eigenvalue weighted by atomic mass is 10.2. The first-order valence-electron chi connectivity index (χ1n) is 8.65. The van der Waals surface area contributed by atoms with Gasteiger partial charge in [0.25, 0.3) is 5.91 Å². The van der Waals surface area contributed by atoms with E-state index in [-0.39, 0.29) is 12.5 Å². The fourth-order valence-corrected chi connectivity index (χ4v) is 3.42. The molecule has 1 saturated heterocycles. The molecule has 0 spiro atoms. The number of carbonyl (C=O) groups is 1. The van der Waals surface area contributed by atoms with Crippen LogP contribution in [0.15, 0.2) is 53.0 Å². The minimum absolute atomic E-state index is 0.0231. The highest BCUT2D eigenvalue weighted by molar-refractivity contribution is 9.10. The number of hydrogen-bond donors (Lipinski definition) is 0. The summed E-state index contributed by atoms with van der Waals surface area (Å²) < 4.78 is 11.9. The normalized spacial score (nSPS) is 14.9. The van der Waals surface area contributed by atoms with E-state index < -0.39 is 0 Å². The minimum Gasteiger partial charge on any atom is -0.497 e. The smallest absolute Gasteiger partial charge is 0.260 e. The second-order valence-electron chi connectivity index (χ2n) is 6.25. The van der Waals surface area contributed by atoms with E-state index in [1.165, 1.54) is 5.56 Å². The van der Waals surface area contributed by atoms with Gasteiger partial charge in [-0.15, -0.1) is 0 Å². The molecule has 138 valence electrons. The van der Waals surface area contributed by atoms with Crippen molar-refractivity contribution < 1.29 is 14.3 Å². The molecule has 26 heavy (non-hydrogen) atoms. The summed E-state index contributed by atoms with van der Waals surface area (Å²) >= 11 is 3.51. The molecule has 2 aromatic rings. The van der Waals surface area contributed by atoms with Crippen LogP contribution in [0.25, 0.3) is 0 Å². The van der Waals surface area contributed by atoms with Gasteiger partial charge in [-0.25, -0.2) is 0 Å². The van der Waals surface area contributed by atoms with Crippen LogP contribution in [0, 0.1) is 0 Å². The summed E-state index contributed by atoms with van der Waals surface area (Å²) in [5.41, 5.74) is 1.28. The Labute approximate surface area is 162 Å². The van der Waals surface area contributed by atoms with Gasteiger partial charge in [-0.1, -0.05) is 34.1 Å². The Kier molecular flexibility index (Phi) is 6.52. The van der Waals surface area contributed by atoms with Gasteiger partial charge < -0.3 is 14.4 Å². The number of rotatable bonds is 6. The zero-order valence-electron chi connectivity index (χ0n) is 14.9. The highest BCUT2D eigenvalue weighted by atomic mass is 79.9. The van der Waals surface area contributed by atoms with Crippen molar-refractivity contribution >= 4 is 21.8 Å². The molecule has 1 aliphatic heterocycles. The summed E-state index contributed by atoms with van der Waals surface area (Å²) in [5.74, 6) is 1.39. The number of hydrogen-bond acceptors (Lipinski definition) is 4. The molecule has 1 fully saturated rings. The number of amides is 1. The van der Waals surface area contributed by atoms with Crippen LogP contribution in [0.4, 0.5) is 0 Å². The lowest BCUT2D eigenvalue weighted by Gasteiger charge is -2.34. The lowest BCUT2D eigenvalue weighted by molar-refractivity contribution is -0.135. The summed E-state index contributed by atoms with van der Waals surface area (Å²) in [6.45, 7) is 4.16. The molecule has 5 nitrogen and oxygen atoms in total. The SMILES string of the molecule is COc1cccc(OCC(=O)N2CCN(Cc3cccc(Br)c3)CC2)c1. The molecule has 1 heterocycles. The highest BCUT2D eigenvalue weighted by Crippen LogP contribution is 2.19. The van der Waals surface area contributed by atoms with Crippen LogP contribution < -0.4 is 9.47 Å². The minimum atomic E-state index is 0.0231. The Morgan fingerprint density at radius 3 is 2.50 bits per heavy atom. The molecule has 0 N–H and O–H groups in total. The van der Waals surface area contributed by atoms with Crippen molar-refractivity contribution in [3.63, 3.8) is 0 Å². The second kappa shape index (κ2) is 9.05. The molecule has 0 unspecified atom stereocenters. The number of benzene rings is 2. The predicted octanol–water partition coefficient (Wildman–Crippen LogP) is 3.18. The number of methoxy groups -OCH3 is 1. The van der Waals surface area contributed by atoms with Gasteiger partial charge in [0, 0.05) is 43.3 Å². The van der Waals surface area contributed by atoms with E-state index in [9.17, 15) is 4.79 Å². The first-order valence-corrected chi connectivity index (χ1v) is 9.45. The maximum Gasteiger partial charge on any atom is 0.260 e. The number of carbonyl (C=O) groups excluding carboxylic acids is 1. The van der Waals surface area contributed by atoms with E-state index in [4.69, 9.17) is 9.47 Å². The van der Waals surface area contributed by atoms with Crippen molar-refractivity contribution in [1.82, 2.24) is 9.80 Å². The van der Waals surface area contributed by atoms with E-state index in [0.717, 1.165) is 42.9 Å². The molecule has 0 radical (unpaired) electrons. The molecule has 6 heteroatoms.